The minimum Gasteiger partial charge on any atom is -0.452 e. The number of esters is 1. The van der Waals surface area contributed by atoms with Gasteiger partial charge in [-0.15, -0.1) is 21.5 Å². The maximum atomic E-state index is 12.4. The summed E-state index contributed by atoms with van der Waals surface area (Å²) in [4.78, 5) is 26.2. The summed E-state index contributed by atoms with van der Waals surface area (Å²) in [5.41, 5.74) is 0.540. The van der Waals surface area contributed by atoms with E-state index in [0.29, 0.717) is 11.6 Å². The lowest BCUT2D eigenvalue weighted by molar-refractivity contribution is -0.384. The van der Waals surface area contributed by atoms with Crippen molar-refractivity contribution in [2.24, 2.45) is 0 Å². The van der Waals surface area contributed by atoms with E-state index in [1.54, 1.807) is 12.1 Å². The van der Waals surface area contributed by atoms with Crippen molar-refractivity contribution in [1.82, 2.24) is 10.2 Å². The first-order valence-corrected chi connectivity index (χ1v) is 10.1. The summed E-state index contributed by atoms with van der Waals surface area (Å²) < 4.78 is 10.7. The zero-order valence-electron chi connectivity index (χ0n) is 15.4. The van der Waals surface area contributed by atoms with Crippen LogP contribution in [0.1, 0.15) is 35.5 Å². The van der Waals surface area contributed by atoms with E-state index in [2.05, 4.69) is 10.2 Å². The second-order valence-electron chi connectivity index (χ2n) is 6.56. The number of piperidine rings is 1. The summed E-state index contributed by atoms with van der Waals surface area (Å²) in [7, 11) is 0. The average molecular weight is 414 g/mol. The van der Waals surface area contributed by atoms with Crippen LogP contribution in [0.5, 0.6) is 0 Å². The van der Waals surface area contributed by atoms with Gasteiger partial charge in [0.15, 0.2) is 6.61 Å². The van der Waals surface area contributed by atoms with Gasteiger partial charge in [-0.05, 0) is 42.8 Å². The number of nitro benzene ring substituents is 1. The van der Waals surface area contributed by atoms with Gasteiger partial charge in [0.05, 0.1) is 15.4 Å². The van der Waals surface area contributed by atoms with E-state index in [9.17, 15) is 14.9 Å². The number of benzene rings is 1. The molecule has 0 N–H and O–H groups in total. The Balaban J connectivity index is 1.45. The van der Waals surface area contributed by atoms with E-state index in [4.69, 9.17) is 9.15 Å². The number of hydrogen-bond acceptors (Lipinski definition) is 9. The third-order valence-corrected chi connectivity index (χ3v) is 5.49. The number of nitro groups is 1. The largest absolute Gasteiger partial charge is 0.452 e. The molecule has 0 radical (unpaired) electrons. The van der Waals surface area contributed by atoms with Crippen molar-refractivity contribution in [1.29, 1.82) is 0 Å². The number of carbonyl (C=O) groups is 1. The highest BCUT2D eigenvalue weighted by atomic mass is 32.1. The summed E-state index contributed by atoms with van der Waals surface area (Å²) in [6, 6.07) is 8.13. The molecule has 150 valence electrons. The topological polar surface area (TPSA) is 112 Å². The molecule has 10 heteroatoms. The molecule has 3 heterocycles. The molecule has 1 aromatic carbocycles. The van der Waals surface area contributed by atoms with Crippen molar-refractivity contribution in [3.05, 3.63) is 57.3 Å². The molecule has 0 aliphatic carbocycles. The minimum absolute atomic E-state index is 0.0980. The van der Waals surface area contributed by atoms with Gasteiger partial charge in [0, 0.05) is 19.2 Å². The Labute approximate surface area is 170 Å². The van der Waals surface area contributed by atoms with E-state index >= 15 is 0 Å². The molecule has 1 saturated heterocycles. The van der Waals surface area contributed by atoms with E-state index in [-0.39, 0.29) is 23.7 Å². The Kier molecular flexibility index (Phi) is 5.52. The summed E-state index contributed by atoms with van der Waals surface area (Å²) in [5.74, 6) is -0.178. The van der Waals surface area contributed by atoms with Gasteiger partial charge in [-0.25, -0.2) is 4.79 Å². The minimum atomic E-state index is -0.686. The van der Waals surface area contributed by atoms with Gasteiger partial charge in [0.2, 0.25) is 0 Å². The summed E-state index contributed by atoms with van der Waals surface area (Å²) in [6.45, 7) is 1.33. The van der Waals surface area contributed by atoms with E-state index in [1.807, 2.05) is 22.4 Å². The molecule has 9 nitrogen and oxygen atoms in total. The van der Waals surface area contributed by atoms with Crippen LogP contribution in [-0.4, -0.2) is 34.2 Å². The van der Waals surface area contributed by atoms with Crippen molar-refractivity contribution in [2.75, 3.05) is 18.0 Å². The normalized spacial score (nSPS) is 14.0. The van der Waals surface area contributed by atoms with Crippen LogP contribution in [0.25, 0.3) is 10.8 Å². The zero-order valence-corrected chi connectivity index (χ0v) is 16.3. The van der Waals surface area contributed by atoms with Crippen LogP contribution in [0.3, 0.4) is 0 Å². The molecule has 4 rings (SSSR count). The maximum Gasteiger partial charge on any atom is 0.338 e. The molecule has 1 fully saturated rings. The number of carbonyl (C=O) groups excluding carboxylic acids is 1. The maximum absolute atomic E-state index is 12.4. The number of nitrogens with zero attached hydrogens (tertiary/aromatic N) is 4. The Bertz CT molecular complexity index is 1010. The van der Waals surface area contributed by atoms with Crippen LogP contribution in [0.4, 0.5) is 11.4 Å². The van der Waals surface area contributed by atoms with Crippen LogP contribution in [0, 0.1) is 10.1 Å². The highest BCUT2D eigenvalue weighted by Gasteiger charge is 2.24. The summed E-state index contributed by atoms with van der Waals surface area (Å²) in [5, 5.41) is 21.2. The highest BCUT2D eigenvalue weighted by Crippen LogP contribution is 2.31. The Morgan fingerprint density at radius 1 is 1.24 bits per heavy atom. The quantitative estimate of drug-likeness (QED) is 0.337. The van der Waals surface area contributed by atoms with Gasteiger partial charge in [0.25, 0.3) is 17.5 Å². The third kappa shape index (κ3) is 4.27. The highest BCUT2D eigenvalue weighted by molar-refractivity contribution is 7.13. The molecule has 0 spiro atoms. The predicted octanol–water partition coefficient (Wildman–Crippen LogP) is 4.05. The van der Waals surface area contributed by atoms with E-state index in [0.717, 1.165) is 37.2 Å². The van der Waals surface area contributed by atoms with Crippen molar-refractivity contribution >= 4 is 28.7 Å². The number of aromatic nitrogens is 2. The van der Waals surface area contributed by atoms with E-state index < -0.39 is 10.9 Å². The number of thiophene rings is 1. The van der Waals surface area contributed by atoms with Crippen molar-refractivity contribution in [3.8, 4) is 10.8 Å². The Hall–Kier alpha value is -3.27. The Morgan fingerprint density at radius 2 is 2.07 bits per heavy atom. The molecular formula is C19H18N4O5S. The number of ether oxygens (including phenoxy) is 1. The van der Waals surface area contributed by atoms with Gasteiger partial charge < -0.3 is 14.1 Å². The van der Waals surface area contributed by atoms with E-state index in [1.165, 1.54) is 17.4 Å². The SMILES string of the molecule is O=C(OCc1nnc(-c2cccs2)o1)c1ccc(N2CCCCC2)c([N+](=O)[O-])c1. The molecule has 0 atom stereocenters. The summed E-state index contributed by atoms with van der Waals surface area (Å²) in [6.07, 6.45) is 3.12. The molecule has 0 amide bonds. The third-order valence-electron chi connectivity index (χ3n) is 4.63. The van der Waals surface area contributed by atoms with Crippen LogP contribution < -0.4 is 4.90 Å². The van der Waals surface area contributed by atoms with Crippen molar-refractivity contribution in [2.45, 2.75) is 25.9 Å². The standard InChI is InChI=1S/C19H18N4O5S/c24-19(27-12-17-20-21-18(28-17)16-5-4-10-29-16)13-6-7-14(15(11-13)23(25)26)22-8-2-1-3-9-22/h4-7,10-11H,1-3,8-9,12H2. The van der Waals surface area contributed by atoms with Gasteiger partial charge in [-0.2, -0.15) is 0 Å². The van der Waals surface area contributed by atoms with Crippen LogP contribution in [-0.2, 0) is 11.3 Å². The lowest BCUT2D eigenvalue weighted by atomic mass is 10.1. The molecule has 0 bridgehead atoms. The molecule has 29 heavy (non-hydrogen) atoms. The lowest BCUT2D eigenvalue weighted by Crippen LogP contribution is -2.30. The second-order valence-corrected chi connectivity index (χ2v) is 7.51. The van der Waals surface area contributed by atoms with Gasteiger partial charge in [-0.1, -0.05) is 6.07 Å². The smallest absolute Gasteiger partial charge is 0.338 e. The first-order valence-electron chi connectivity index (χ1n) is 9.18. The first-order chi connectivity index (χ1) is 14.1. The fourth-order valence-corrected chi connectivity index (χ4v) is 3.87. The summed E-state index contributed by atoms with van der Waals surface area (Å²) >= 11 is 1.46. The van der Waals surface area contributed by atoms with Gasteiger partial charge in [0.1, 0.15) is 5.69 Å². The molecule has 1 aliphatic rings. The molecule has 0 saturated carbocycles. The van der Waals surface area contributed by atoms with Gasteiger partial charge >= 0.3 is 5.97 Å². The fourth-order valence-electron chi connectivity index (χ4n) is 3.22. The van der Waals surface area contributed by atoms with Crippen LogP contribution in [0.2, 0.25) is 0 Å². The monoisotopic (exact) mass is 414 g/mol. The van der Waals surface area contributed by atoms with Crippen LogP contribution in [0.15, 0.2) is 40.1 Å². The average Bonchev–Trinajstić information content (AvgIpc) is 3.44. The zero-order chi connectivity index (χ0) is 20.2. The second kappa shape index (κ2) is 8.39. The molecular weight excluding hydrogens is 396 g/mol. The number of anilines is 1. The Morgan fingerprint density at radius 3 is 2.79 bits per heavy atom. The number of rotatable bonds is 6. The molecule has 3 aromatic rings. The fraction of sp³-hybridized carbons (Fsp3) is 0.316. The molecule has 2 aromatic heterocycles. The van der Waals surface area contributed by atoms with Gasteiger partial charge in [-0.3, -0.25) is 10.1 Å². The van der Waals surface area contributed by atoms with Crippen LogP contribution >= 0.6 is 11.3 Å². The first kappa shape index (κ1) is 19.1. The molecule has 0 unspecified atom stereocenters. The molecule has 1 aliphatic heterocycles. The van der Waals surface area contributed by atoms with Crippen molar-refractivity contribution in [3.63, 3.8) is 0 Å². The number of hydrogen-bond donors (Lipinski definition) is 0. The lowest BCUT2D eigenvalue weighted by Gasteiger charge is -2.28. The predicted molar refractivity (Wildman–Crippen MR) is 106 cm³/mol. The van der Waals surface area contributed by atoms with Crippen molar-refractivity contribution < 1.29 is 18.9 Å².